The molecule has 1 aliphatic heterocycles. The van der Waals surface area contributed by atoms with Crippen molar-refractivity contribution in [2.75, 3.05) is 25.7 Å². The van der Waals surface area contributed by atoms with Crippen molar-refractivity contribution in [3.05, 3.63) is 35.9 Å². The minimum absolute atomic E-state index is 0.0417. The van der Waals surface area contributed by atoms with Crippen molar-refractivity contribution in [3.8, 4) is 0 Å². The lowest BCUT2D eigenvalue weighted by Gasteiger charge is -2.32. The van der Waals surface area contributed by atoms with Crippen molar-refractivity contribution in [2.24, 2.45) is 0 Å². The maximum Gasteiger partial charge on any atom is 0.243 e. The Kier molecular flexibility index (Phi) is 6.69. The van der Waals surface area contributed by atoms with Gasteiger partial charge in [-0.15, -0.1) is 11.8 Å². The lowest BCUT2D eigenvalue weighted by atomic mass is 9.99. The van der Waals surface area contributed by atoms with Crippen LogP contribution in [0.2, 0.25) is 0 Å². The Morgan fingerprint density at radius 2 is 2.00 bits per heavy atom. The van der Waals surface area contributed by atoms with Crippen LogP contribution >= 0.6 is 11.8 Å². The van der Waals surface area contributed by atoms with Gasteiger partial charge in [-0.2, -0.15) is 0 Å². The highest BCUT2D eigenvalue weighted by atomic mass is 32.2. The number of likely N-dealkylation sites (N-methyl/N-ethyl adjacent to an activating group) is 1. The standard InChI is InChI=1S/C18H27N3O2S/c1-5-16(22)21-12-24-11-15(21)18(23)19-13(2)17(20(3)4)14-9-7-6-8-10-14/h6-10,13,15,17H,5,11-12H2,1-4H3,(H,19,23)/t13-,15+,17-/m0/s1. The smallest absolute Gasteiger partial charge is 0.243 e. The maximum absolute atomic E-state index is 12.7. The van der Waals surface area contributed by atoms with Crippen molar-refractivity contribution >= 4 is 23.6 Å². The van der Waals surface area contributed by atoms with E-state index in [0.29, 0.717) is 18.1 Å². The zero-order valence-electron chi connectivity index (χ0n) is 14.9. The maximum atomic E-state index is 12.7. The van der Waals surface area contributed by atoms with E-state index in [2.05, 4.69) is 22.3 Å². The fourth-order valence-electron chi connectivity index (χ4n) is 3.19. The predicted octanol–water partition coefficient (Wildman–Crippen LogP) is 2.11. The Bertz CT molecular complexity index is 565. The van der Waals surface area contributed by atoms with Crippen LogP contribution in [0.5, 0.6) is 0 Å². The topological polar surface area (TPSA) is 52.7 Å². The Labute approximate surface area is 148 Å². The Morgan fingerprint density at radius 3 is 2.58 bits per heavy atom. The summed E-state index contributed by atoms with van der Waals surface area (Å²) in [4.78, 5) is 28.5. The fourth-order valence-corrected chi connectivity index (χ4v) is 4.37. The van der Waals surface area contributed by atoms with Crippen LogP contribution in [0, 0.1) is 0 Å². The van der Waals surface area contributed by atoms with Gasteiger partial charge < -0.3 is 15.1 Å². The van der Waals surface area contributed by atoms with E-state index in [0.717, 1.165) is 5.56 Å². The Morgan fingerprint density at radius 1 is 1.33 bits per heavy atom. The normalized spacial score (nSPS) is 20.0. The number of carbonyl (C=O) groups excluding carboxylic acids is 2. The molecular weight excluding hydrogens is 322 g/mol. The molecular formula is C18H27N3O2S. The van der Waals surface area contributed by atoms with Crippen molar-refractivity contribution < 1.29 is 9.59 Å². The molecule has 0 saturated carbocycles. The summed E-state index contributed by atoms with van der Waals surface area (Å²) in [5, 5.41) is 3.12. The highest BCUT2D eigenvalue weighted by Gasteiger charge is 2.35. The van der Waals surface area contributed by atoms with Crippen molar-refractivity contribution in [3.63, 3.8) is 0 Å². The first kappa shape index (κ1) is 18.8. The number of nitrogens with zero attached hydrogens (tertiary/aromatic N) is 2. The molecule has 1 heterocycles. The Balaban J connectivity index is 2.08. The highest BCUT2D eigenvalue weighted by Crippen LogP contribution is 2.24. The first-order valence-electron chi connectivity index (χ1n) is 8.34. The molecule has 0 aromatic heterocycles. The molecule has 1 aliphatic rings. The van der Waals surface area contributed by atoms with Crippen molar-refractivity contribution in [1.29, 1.82) is 0 Å². The minimum atomic E-state index is -0.358. The summed E-state index contributed by atoms with van der Waals surface area (Å²) in [6.45, 7) is 3.85. The van der Waals surface area contributed by atoms with E-state index in [1.54, 1.807) is 16.7 Å². The summed E-state index contributed by atoms with van der Waals surface area (Å²) in [5.74, 6) is 1.26. The molecule has 2 amide bonds. The number of carbonyl (C=O) groups is 2. The van der Waals surface area contributed by atoms with Gasteiger partial charge in [0.25, 0.3) is 0 Å². The van der Waals surface area contributed by atoms with Gasteiger partial charge in [0.1, 0.15) is 6.04 Å². The lowest BCUT2D eigenvalue weighted by Crippen LogP contribution is -2.51. The molecule has 0 aliphatic carbocycles. The van der Waals surface area contributed by atoms with E-state index in [4.69, 9.17) is 0 Å². The van der Waals surface area contributed by atoms with Crippen LogP contribution in [0.3, 0.4) is 0 Å². The van der Waals surface area contributed by atoms with Crippen LogP contribution in [0.15, 0.2) is 30.3 Å². The zero-order chi connectivity index (χ0) is 17.7. The van der Waals surface area contributed by atoms with Gasteiger partial charge >= 0.3 is 0 Å². The fraction of sp³-hybridized carbons (Fsp3) is 0.556. The molecule has 2 rings (SSSR count). The summed E-state index contributed by atoms with van der Waals surface area (Å²) in [6, 6.07) is 9.83. The van der Waals surface area contributed by atoms with Crippen LogP contribution in [0.4, 0.5) is 0 Å². The quantitative estimate of drug-likeness (QED) is 0.855. The van der Waals surface area contributed by atoms with Crippen LogP contribution in [-0.4, -0.2) is 59.4 Å². The highest BCUT2D eigenvalue weighted by molar-refractivity contribution is 7.99. The Hall–Kier alpha value is -1.53. The first-order chi connectivity index (χ1) is 11.5. The van der Waals surface area contributed by atoms with E-state index in [1.807, 2.05) is 46.1 Å². The first-order valence-corrected chi connectivity index (χ1v) is 9.50. The van der Waals surface area contributed by atoms with Crippen molar-refractivity contribution in [1.82, 2.24) is 15.1 Å². The van der Waals surface area contributed by atoms with Gasteiger partial charge in [0.15, 0.2) is 0 Å². The second kappa shape index (κ2) is 8.53. The van der Waals surface area contributed by atoms with Gasteiger partial charge in [-0.3, -0.25) is 9.59 Å². The summed E-state index contributed by atoms with van der Waals surface area (Å²) < 4.78 is 0. The third-order valence-electron chi connectivity index (χ3n) is 4.35. The third kappa shape index (κ3) is 4.30. The van der Waals surface area contributed by atoms with Crippen LogP contribution in [0.25, 0.3) is 0 Å². The lowest BCUT2D eigenvalue weighted by molar-refractivity contribution is -0.138. The van der Waals surface area contributed by atoms with Gasteiger partial charge in [-0.1, -0.05) is 37.3 Å². The molecule has 1 aromatic carbocycles. The molecule has 1 saturated heterocycles. The van der Waals surface area contributed by atoms with Gasteiger partial charge in [0.05, 0.1) is 11.9 Å². The summed E-state index contributed by atoms with van der Waals surface area (Å²) in [7, 11) is 4.03. The second-order valence-electron chi connectivity index (χ2n) is 6.35. The predicted molar refractivity (Wildman–Crippen MR) is 98.7 cm³/mol. The largest absolute Gasteiger partial charge is 0.350 e. The summed E-state index contributed by atoms with van der Waals surface area (Å²) in [6.07, 6.45) is 0.435. The molecule has 1 aromatic rings. The molecule has 3 atom stereocenters. The second-order valence-corrected chi connectivity index (χ2v) is 7.35. The van der Waals surface area contributed by atoms with E-state index in [9.17, 15) is 9.59 Å². The molecule has 132 valence electrons. The number of rotatable bonds is 6. The molecule has 0 unspecified atom stereocenters. The molecule has 1 N–H and O–H groups in total. The van der Waals surface area contributed by atoms with E-state index in [-0.39, 0.29) is 29.9 Å². The van der Waals surface area contributed by atoms with Crippen LogP contribution in [-0.2, 0) is 9.59 Å². The number of benzene rings is 1. The van der Waals surface area contributed by atoms with E-state index in [1.165, 1.54) is 0 Å². The van der Waals surface area contributed by atoms with Crippen molar-refractivity contribution in [2.45, 2.75) is 38.4 Å². The molecule has 0 spiro atoms. The van der Waals surface area contributed by atoms with Gasteiger partial charge in [0.2, 0.25) is 11.8 Å². The monoisotopic (exact) mass is 349 g/mol. The van der Waals surface area contributed by atoms with Crippen LogP contribution in [0.1, 0.15) is 31.9 Å². The number of thioether (sulfide) groups is 1. The number of hydrogen-bond donors (Lipinski definition) is 1. The molecule has 24 heavy (non-hydrogen) atoms. The van der Waals surface area contributed by atoms with E-state index >= 15 is 0 Å². The number of amides is 2. The number of hydrogen-bond acceptors (Lipinski definition) is 4. The van der Waals surface area contributed by atoms with Crippen LogP contribution < -0.4 is 5.32 Å². The number of nitrogens with one attached hydrogen (secondary N) is 1. The zero-order valence-corrected chi connectivity index (χ0v) is 15.7. The van der Waals surface area contributed by atoms with Gasteiger partial charge in [0, 0.05) is 18.2 Å². The minimum Gasteiger partial charge on any atom is -0.350 e. The molecule has 0 radical (unpaired) electrons. The van der Waals surface area contributed by atoms with Gasteiger partial charge in [-0.25, -0.2) is 0 Å². The third-order valence-corrected chi connectivity index (χ3v) is 5.36. The average molecular weight is 350 g/mol. The molecule has 6 heteroatoms. The van der Waals surface area contributed by atoms with E-state index < -0.39 is 0 Å². The summed E-state index contributed by atoms with van der Waals surface area (Å²) >= 11 is 1.63. The molecule has 1 fully saturated rings. The van der Waals surface area contributed by atoms with Gasteiger partial charge in [-0.05, 0) is 26.6 Å². The SMILES string of the molecule is CCC(=O)N1CSC[C@@H]1C(=O)N[C@@H](C)[C@@H](c1ccccc1)N(C)C. The average Bonchev–Trinajstić information content (AvgIpc) is 3.04. The summed E-state index contributed by atoms with van der Waals surface area (Å²) in [5.41, 5.74) is 1.16. The molecule has 5 nitrogen and oxygen atoms in total. The molecule has 0 bridgehead atoms.